The van der Waals surface area contributed by atoms with Gasteiger partial charge in [-0.15, -0.1) is 0 Å². The molecular weight excluding hydrogens is 280 g/mol. The van der Waals surface area contributed by atoms with Crippen molar-refractivity contribution >= 4 is 22.8 Å². The Hall–Kier alpha value is -2.30. The summed E-state index contributed by atoms with van der Waals surface area (Å²) in [6.45, 7) is 4.24. The average Bonchev–Trinajstić information content (AvgIpc) is 2.86. The highest BCUT2D eigenvalue weighted by atomic mass is 16.4. The van der Waals surface area contributed by atoms with Crippen LogP contribution in [-0.2, 0) is 16.0 Å². The van der Waals surface area contributed by atoms with Gasteiger partial charge in [-0.3, -0.25) is 9.59 Å². The van der Waals surface area contributed by atoms with E-state index in [1.54, 1.807) is 0 Å². The standard InChI is InChI=1S/C17H22N2O3/c1-3-8-19(11-17(21)22)16(20)7-5-13-10-18-15-6-4-12(2)9-14(13)15/h4,6,9-10,18H,3,5,7-8,11H2,1-2H3,(H,21,22). The number of rotatable bonds is 7. The van der Waals surface area contributed by atoms with Crippen LogP contribution in [-0.4, -0.2) is 40.0 Å². The Balaban J connectivity index is 2.05. The molecule has 0 bridgehead atoms. The number of H-pyrrole nitrogens is 1. The summed E-state index contributed by atoms with van der Waals surface area (Å²) in [6, 6.07) is 6.18. The molecule has 1 heterocycles. The minimum Gasteiger partial charge on any atom is -0.480 e. The third-order valence-electron chi connectivity index (χ3n) is 3.70. The maximum absolute atomic E-state index is 12.2. The van der Waals surface area contributed by atoms with Gasteiger partial charge in [0.1, 0.15) is 6.54 Å². The number of amides is 1. The largest absolute Gasteiger partial charge is 0.480 e. The predicted molar refractivity (Wildman–Crippen MR) is 85.9 cm³/mol. The molecule has 1 amide bonds. The lowest BCUT2D eigenvalue weighted by atomic mass is 10.1. The Morgan fingerprint density at radius 1 is 1.32 bits per heavy atom. The second-order valence-corrected chi connectivity index (χ2v) is 5.57. The van der Waals surface area contributed by atoms with E-state index in [-0.39, 0.29) is 12.5 Å². The van der Waals surface area contributed by atoms with Crippen molar-refractivity contribution in [3.05, 3.63) is 35.5 Å². The maximum Gasteiger partial charge on any atom is 0.323 e. The van der Waals surface area contributed by atoms with Crippen molar-refractivity contribution < 1.29 is 14.7 Å². The van der Waals surface area contributed by atoms with Crippen LogP contribution in [0.1, 0.15) is 30.9 Å². The summed E-state index contributed by atoms with van der Waals surface area (Å²) in [5.41, 5.74) is 3.33. The molecule has 2 aromatic rings. The Kier molecular flexibility index (Phi) is 5.20. The smallest absolute Gasteiger partial charge is 0.323 e. The molecule has 1 aromatic heterocycles. The number of nitrogens with zero attached hydrogens (tertiary/aromatic N) is 1. The molecule has 0 unspecified atom stereocenters. The fourth-order valence-corrected chi connectivity index (χ4v) is 2.62. The van der Waals surface area contributed by atoms with Crippen molar-refractivity contribution in [3.63, 3.8) is 0 Å². The minimum atomic E-state index is -0.968. The van der Waals surface area contributed by atoms with Crippen LogP contribution in [0.15, 0.2) is 24.4 Å². The number of hydrogen-bond donors (Lipinski definition) is 2. The monoisotopic (exact) mass is 302 g/mol. The van der Waals surface area contributed by atoms with Gasteiger partial charge in [-0.2, -0.15) is 0 Å². The summed E-state index contributed by atoms with van der Waals surface area (Å²) in [5.74, 6) is -1.07. The number of aliphatic carboxylic acids is 1. The second kappa shape index (κ2) is 7.11. The van der Waals surface area contributed by atoms with E-state index in [2.05, 4.69) is 11.1 Å². The summed E-state index contributed by atoms with van der Waals surface area (Å²) in [4.78, 5) is 27.7. The summed E-state index contributed by atoms with van der Waals surface area (Å²) in [7, 11) is 0. The van der Waals surface area contributed by atoms with Crippen molar-refractivity contribution in [1.29, 1.82) is 0 Å². The van der Waals surface area contributed by atoms with Gasteiger partial charge in [-0.1, -0.05) is 18.6 Å². The molecular formula is C17H22N2O3. The molecule has 0 saturated carbocycles. The fraction of sp³-hybridized carbons (Fsp3) is 0.412. The van der Waals surface area contributed by atoms with Crippen LogP contribution in [0.5, 0.6) is 0 Å². The number of carbonyl (C=O) groups is 2. The van der Waals surface area contributed by atoms with Crippen molar-refractivity contribution in [2.75, 3.05) is 13.1 Å². The molecule has 0 aliphatic heterocycles. The van der Waals surface area contributed by atoms with Crippen molar-refractivity contribution in [1.82, 2.24) is 9.88 Å². The number of aryl methyl sites for hydroxylation is 2. The summed E-state index contributed by atoms with van der Waals surface area (Å²) in [5, 5.41) is 10.0. The quantitative estimate of drug-likeness (QED) is 0.826. The van der Waals surface area contributed by atoms with Gasteiger partial charge < -0.3 is 15.0 Å². The second-order valence-electron chi connectivity index (χ2n) is 5.57. The highest BCUT2D eigenvalue weighted by Gasteiger charge is 2.16. The molecule has 0 fully saturated rings. The number of nitrogens with one attached hydrogen (secondary N) is 1. The molecule has 2 rings (SSSR count). The van der Waals surface area contributed by atoms with Gasteiger partial charge in [0.25, 0.3) is 0 Å². The van der Waals surface area contributed by atoms with E-state index < -0.39 is 5.97 Å². The first-order chi connectivity index (χ1) is 10.5. The Morgan fingerprint density at radius 2 is 2.09 bits per heavy atom. The van der Waals surface area contributed by atoms with Crippen LogP contribution in [0.2, 0.25) is 0 Å². The third kappa shape index (κ3) is 3.87. The lowest BCUT2D eigenvalue weighted by molar-refractivity contribution is -0.144. The van der Waals surface area contributed by atoms with E-state index in [1.807, 2.05) is 32.2 Å². The number of carbonyl (C=O) groups excluding carboxylic acids is 1. The first-order valence-corrected chi connectivity index (χ1v) is 7.57. The summed E-state index contributed by atoms with van der Waals surface area (Å²) in [6.07, 6.45) is 3.63. The number of carboxylic acid groups (broad SMARTS) is 1. The van der Waals surface area contributed by atoms with E-state index in [4.69, 9.17) is 5.11 Å². The lowest BCUT2D eigenvalue weighted by Gasteiger charge is -2.19. The number of aromatic amines is 1. The SMILES string of the molecule is CCCN(CC(=O)O)C(=O)CCc1c[nH]c2ccc(C)cc12. The van der Waals surface area contributed by atoms with Gasteiger partial charge in [-0.05, 0) is 37.5 Å². The molecule has 2 N–H and O–H groups in total. The lowest BCUT2D eigenvalue weighted by Crippen LogP contribution is -2.36. The molecule has 0 saturated heterocycles. The number of hydrogen-bond acceptors (Lipinski definition) is 2. The van der Waals surface area contributed by atoms with Gasteiger partial charge in [0.2, 0.25) is 5.91 Å². The maximum atomic E-state index is 12.2. The molecule has 5 heteroatoms. The normalized spacial score (nSPS) is 10.8. The number of aromatic nitrogens is 1. The molecule has 1 aromatic carbocycles. The van der Waals surface area contributed by atoms with Gasteiger partial charge >= 0.3 is 5.97 Å². The van der Waals surface area contributed by atoms with Crippen LogP contribution >= 0.6 is 0 Å². The molecule has 118 valence electrons. The zero-order valence-corrected chi connectivity index (χ0v) is 13.1. The van der Waals surface area contributed by atoms with Crippen molar-refractivity contribution in [2.45, 2.75) is 33.1 Å². The highest BCUT2D eigenvalue weighted by Crippen LogP contribution is 2.21. The molecule has 0 radical (unpaired) electrons. The molecule has 0 aliphatic rings. The van der Waals surface area contributed by atoms with E-state index in [9.17, 15) is 9.59 Å². The zero-order chi connectivity index (χ0) is 16.1. The van der Waals surface area contributed by atoms with Crippen LogP contribution in [0, 0.1) is 6.92 Å². The molecule has 0 atom stereocenters. The topological polar surface area (TPSA) is 73.4 Å². The Bertz CT molecular complexity index is 676. The van der Waals surface area contributed by atoms with E-state index in [0.717, 1.165) is 22.9 Å². The Labute approximate surface area is 129 Å². The zero-order valence-electron chi connectivity index (χ0n) is 13.1. The molecule has 0 spiro atoms. The van der Waals surface area contributed by atoms with Crippen molar-refractivity contribution in [3.8, 4) is 0 Å². The Morgan fingerprint density at radius 3 is 2.77 bits per heavy atom. The predicted octanol–water partition coefficient (Wildman–Crippen LogP) is 2.73. The molecule has 22 heavy (non-hydrogen) atoms. The highest BCUT2D eigenvalue weighted by molar-refractivity contribution is 5.85. The van der Waals surface area contributed by atoms with E-state index in [0.29, 0.717) is 19.4 Å². The summed E-state index contributed by atoms with van der Waals surface area (Å²) >= 11 is 0. The van der Waals surface area contributed by atoms with E-state index >= 15 is 0 Å². The van der Waals surface area contributed by atoms with Crippen LogP contribution in [0.4, 0.5) is 0 Å². The van der Waals surface area contributed by atoms with Crippen LogP contribution in [0.25, 0.3) is 10.9 Å². The van der Waals surface area contributed by atoms with Gasteiger partial charge in [-0.25, -0.2) is 0 Å². The van der Waals surface area contributed by atoms with Gasteiger partial charge in [0.15, 0.2) is 0 Å². The summed E-state index contributed by atoms with van der Waals surface area (Å²) < 4.78 is 0. The number of carboxylic acids is 1. The fourth-order valence-electron chi connectivity index (χ4n) is 2.62. The van der Waals surface area contributed by atoms with Crippen LogP contribution in [0.3, 0.4) is 0 Å². The third-order valence-corrected chi connectivity index (χ3v) is 3.70. The number of benzene rings is 1. The molecule has 5 nitrogen and oxygen atoms in total. The van der Waals surface area contributed by atoms with Crippen LogP contribution < -0.4 is 0 Å². The average molecular weight is 302 g/mol. The minimum absolute atomic E-state index is 0.105. The first-order valence-electron chi connectivity index (χ1n) is 7.57. The first kappa shape index (κ1) is 16.1. The van der Waals surface area contributed by atoms with Crippen molar-refractivity contribution in [2.24, 2.45) is 0 Å². The van der Waals surface area contributed by atoms with Gasteiger partial charge in [0.05, 0.1) is 0 Å². The van der Waals surface area contributed by atoms with E-state index in [1.165, 1.54) is 10.5 Å². The molecule has 0 aliphatic carbocycles. The van der Waals surface area contributed by atoms with Gasteiger partial charge in [0, 0.05) is 30.1 Å². The number of fused-ring (bicyclic) bond motifs is 1.